The zero-order valence-corrected chi connectivity index (χ0v) is 13.7. The minimum Gasteiger partial charge on any atom is -0.367 e. The van der Waals surface area contributed by atoms with Gasteiger partial charge in [0.15, 0.2) is 0 Å². The van der Waals surface area contributed by atoms with Crippen molar-refractivity contribution < 1.29 is 14.3 Å². The van der Waals surface area contributed by atoms with Gasteiger partial charge in [-0.25, -0.2) is 14.8 Å². The third kappa shape index (κ3) is 2.30. The zero-order valence-electron chi connectivity index (χ0n) is 13.7. The summed E-state index contributed by atoms with van der Waals surface area (Å²) in [4.78, 5) is 17.1. The minimum absolute atomic E-state index is 0.123. The lowest BCUT2D eigenvalue weighted by molar-refractivity contribution is -0.108. The summed E-state index contributed by atoms with van der Waals surface area (Å²) in [7, 11) is 3.16. The number of anilines is 1. The Morgan fingerprint density at radius 3 is 2.88 bits per heavy atom. The highest BCUT2D eigenvalue weighted by Crippen LogP contribution is 2.50. The Labute approximate surface area is 140 Å². The van der Waals surface area contributed by atoms with Gasteiger partial charge in [0.1, 0.15) is 5.82 Å². The molecule has 1 saturated carbocycles. The van der Waals surface area contributed by atoms with Crippen molar-refractivity contribution in [2.75, 3.05) is 26.1 Å². The van der Waals surface area contributed by atoms with Gasteiger partial charge in [-0.3, -0.25) is 0 Å². The van der Waals surface area contributed by atoms with E-state index in [9.17, 15) is 4.79 Å². The molecule has 8 nitrogen and oxygen atoms in total. The third-order valence-corrected chi connectivity index (χ3v) is 4.86. The van der Waals surface area contributed by atoms with Gasteiger partial charge in [0.25, 0.3) is 0 Å². The number of hydrazine groups is 1. The van der Waals surface area contributed by atoms with Crippen LogP contribution < -0.4 is 16.1 Å². The molecular weight excluding hydrogens is 310 g/mol. The molecule has 2 amide bonds. The molecule has 1 fully saturated rings. The predicted octanol–water partition coefficient (Wildman–Crippen LogP) is 1.20. The van der Waals surface area contributed by atoms with Gasteiger partial charge in [0, 0.05) is 32.0 Å². The number of amides is 2. The first-order valence-corrected chi connectivity index (χ1v) is 7.99. The molecule has 1 aromatic rings. The summed E-state index contributed by atoms with van der Waals surface area (Å²) in [6.07, 6.45) is 4.90. The molecule has 128 valence electrons. The Balaban J connectivity index is 1.59. The van der Waals surface area contributed by atoms with Crippen LogP contribution in [-0.4, -0.2) is 42.8 Å². The predicted molar refractivity (Wildman–Crippen MR) is 86.8 cm³/mol. The van der Waals surface area contributed by atoms with Gasteiger partial charge in [0.2, 0.25) is 6.29 Å². The monoisotopic (exact) mass is 331 g/mol. The van der Waals surface area contributed by atoms with Crippen LogP contribution in [0.25, 0.3) is 0 Å². The molecule has 3 N–H and O–H groups in total. The Morgan fingerprint density at radius 1 is 1.42 bits per heavy atom. The number of hydrogen-bond acceptors (Lipinski definition) is 6. The standard InChI is InChI=1S/C16H21N5O3/c1-23-14(24-2)12-5-4-11-13(19-12)18-10-8-16(11,9-10)20-15(22)21-7-3-6-17-21/h3-6,10,14,17H,7-9H2,1-2H3,(H,18,19)(H,20,22). The van der Waals surface area contributed by atoms with Crippen molar-refractivity contribution >= 4 is 11.8 Å². The summed E-state index contributed by atoms with van der Waals surface area (Å²) in [6.45, 7) is 0.566. The van der Waals surface area contributed by atoms with E-state index in [1.165, 1.54) is 0 Å². The second kappa shape index (κ2) is 5.64. The quantitative estimate of drug-likeness (QED) is 0.719. The lowest BCUT2D eigenvalue weighted by Gasteiger charge is -2.53. The van der Waals surface area contributed by atoms with Gasteiger partial charge in [0.05, 0.1) is 17.8 Å². The van der Waals surface area contributed by atoms with Gasteiger partial charge in [-0.15, -0.1) is 0 Å². The van der Waals surface area contributed by atoms with E-state index in [4.69, 9.17) is 9.47 Å². The lowest BCUT2D eigenvalue weighted by atomic mass is 9.65. The molecule has 0 unspecified atom stereocenters. The van der Waals surface area contributed by atoms with Crippen molar-refractivity contribution in [1.29, 1.82) is 0 Å². The Kier molecular flexibility index (Phi) is 3.58. The zero-order chi connectivity index (χ0) is 16.7. The van der Waals surface area contributed by atoms with Crippen LogP contribution in [0.15, 0.2) is 24.4 Å². The molecule has 1 aliphatic carbocycles. The van der Waals surface area contributed by atoms with Crippen molar-refractivity contribution in [1.82, 2.24) is 20.7 Å². The summed E-state index contributed by atoms with van der Waals surface area (Å²) in [5, 5.41) is 8.15. The van der Waals surface area contributed by atoms with Gasteiger partial charge >= 0.3 is 6.03 Å². The number of methoxy groups -OCH3 is 2. The van der Waals surface area contributed by atoms with Crippen LogP contribution in [0.4, 0.5) is 10.6 Å². The van der Waals surface area contributed by atoms with Gasteiger partial charge < -0.3 is 25.5 Å². The first kappa shape index (κ1) is 15.2. The fourth-order valence-corrected chi connectivity index (χ4v) is 3.67. The summed E-state index contributed by atoms with van der Waals surface area (Å²) in [6, 6.07) is 4.09. The number of ether oxygens (including phenoxy) is 2. The Hall–Kier alpha value is -2.32. The van der Waals surface area contributed by atoms with E-state index < -0.39 is 6.29 Å². The smallest absolute Gasteiger partial charge is 0.337 e. The largest absolute Gasteiger partial charge is 0.367 e. The minimum atomic E-state index is -0.499. The Morgan fingerprint density at radius 2 is 2.21 bits per heavy atom. The topological polar surface area (TPSA) is 87.8 Å². The van der Waals surface area contributed by atoms with Crippen LogP contribution in [-0.2, 0) is 15.0 Å². The van der Waals surface area contributed by atoms with E-state index in [1.807, 2.05) is 18.2 Å². The van der Waals surface area contributed by atoms with Crippen molar-refractivity contribution in [2.24, 2.45) is 0 Å². The van der Waals surface area contributed by atoms with Gasteiger partial charge in [-0.05, 0) is 25.0 Å². The number of hydrogen-bond donors (Lipinski definition) is 3. The van der Waals surface area contributed by atoms with Gasteiger partial charge in [-0.1, -0.05) is 6.07 Å². The van der Waals surface area contributed by atoms with Crippen molar-refractivity contribution in [3.05, 3.63) is 35.7 Å². The second-order valence-electron chi connectivity index (χ2n) is 6.34. The summed E-state index contributed by atoms with van der Waals surface area (Å²) < 4.78 is 10.5. The number of urea groups is 1. The SMILES string of the molecule is COC(OC)c1ccc2c(n1)NC1CC2(NC(=O)N2CC=CN2)C1. The van der Waals surface area contributed by atoms with E-state index in [-0.39, 0.29) is 11.6 Å². The molecule has 0 atom stereocenters. The summed E-state index contributed by atoms with van der Waals surface area (Å²) in [5.41, 5.74) is 4.29. The molecule has 3 aliphatic heterocycles. The van der Waals surface area contributed by atoms with E-state index in [0.717, 1.165) is 24.2 Å². The lowest BCUT2D eigenvalue weighted by Crippen LogP contribution is -2.64. The molecule has 0 saturated heterocycles. The fourth-order valence-electron chi connectivity index (χ4n) is 3.67. The number of aromatic nitrogens is 1. The fraction of sp³-hybridized carbons (Fsp3) is 0.500. The third-order valence-electron chi connectivity index (χ3n) is 4.86. The number of pyridine rings is 1. The average Bonchev–Trinajstić information content (AvgIpc) is 3.09. The van der Waals surface area contributed by atoms with E-state index in [0.29, 0.717) is 18.3 Å². The summed E-state index contributed by atoms with van der Waals surface area (Å²) in [5.74, 6) is 0.793. The summed E-state index contributed by atoms with van der Waals surface area (Å²) >= 11 is 0. The maximum atomic E-state index is 12.5. The molecular formula is C16H21N5O3. The maximum Gasteiger partial charge on any atom is 0.337 e. The van der Waals surface area contributed by atoms with Crippen LogP contribution in [0, 0.1) is 0 Å². The van der Waals surface area contributed by atoms with Gasteiger partial charge in [-0.2, -0.15) is 0 Å². The number of nitrogens with zero attached hydrogens (tertiary/aromatic N) is 2. The number of rotatable bonds is 4. The van der Waals surface area contributed by atoms with Crippen LogP contribution >= 0.6 is 0 Å². The van der Waals surface area contributed by atoms with Crippen molar-refractivity contribution in [3.8, 4) is 0 Å². The molecule has 0 aromatic carbocycles. The molecule has 24 heavy (non-hydrogen) atoms. The normalized spacial score (nSPS) is 26.5. The van der Waals surface area contributed by atoms with Crippen molar-refractivity contribution in [3.63, 3.8) is 0 Å². The molecule has 4 aliphatic rings. The van der Waals surface area contributed by atoms with E-state index >= 15 is 0 Å². The second-order valence-corrected chi connectivity index (χ2v) is 6.34. The highest BCUT2D eigenvalue weighted by molar-refractivity contribution is 5.77. The first-order valence-electron chi connectivity index (χ1n) is 7.99. The van der Waals surface area contributed by atoms with Crippen molar-refractivity contribution in [2.45, 2.75) is 30.7 Å². The van der Waals surface area contributed by atoms with Crippen LogP contribution in [0.3, 0.4) is 0 Å². The molecule has 0 spiro atoms. The molecule has 2 bridgehead atoms. The van der Waals surface area contributed by atoms with E-state index in [1.54, 1.807) is 25.4 Å². The molecule has 0 radical (unpaired) electrons. The highest BCUT2D eigenvalue weighted by Gasteiger charge is 2.52. The molecule has 8 heteroatoms. The number of nitrogens with one attached hydrogen (secondary N) is 3. The molecule has 5 rings (SSSR count). The van der Waals surface area contributed by atoms with Crippen LogP contribution in [0.5, 0.6) is 0 Å². The molecule has 4 heterocycles. The average molecular weight is 331 g/mol. The molecule has 1 aromatic heterocycles. The number of carbonyl (C=O) groups is 1. The van der Waals surface area contributed by atoms with Crippen LogP contribution in [0.1, 0.15) is 30.4 Å². The first-order chi connectivity index (χ1) is 11.6. The number of carbonyl (C=O) groups excluding carboxylic acids is 1. The highest BCUT2D eigenvalue weighted by atomic mass is 16.7. The van der Waals surface area contributed by atoms with E-state index in [2.05, 4.69) is 21.0 Å². The Bertz CT molecular complexity index is 674. The maximum absolute atomic E-state index is 12.5. The van der Waals surface area contributed by atoms with Crippen LogP contribution in [0.2, 0.25) is 0 Å².